The topological polar surface area (TPSA) is 88.8 Å². The third kappa shape index (κ3) is 4.99. The molecular weight excluding hydrogens is 419 g/mol. The van der Waals surface area contributed by atoms with Crippen molar-refractivity contribution in [1.29, 1.82) is 0 Å². The molecule has 4 rings (SSSR count). The zero-order valence-corrected chi connectivity index (χ0v) is 16.6. The molecule has 158 valence electrons. The number of aromatic amines is 1. The molecule has 1 saturated carbocycles. The first-order chi connectivity index (χ1) is 14.2. The number of nitrogens with one attached hydrogen (secondary N) is 1. The molecule has 3 aromatic rings. The van der Waals surface area contributed by atoms with Crippen molar-refractivity contribution in [1.82, 2.24) is 9.97 Å². The largest absolute Gasteiger partial charge is 0.364 e. The minimum Gasteiger partial charge on any atom is -0.364 e. The quantitative estimate of drug-likeness (QED) is 0.603. The van der Waals surface area contributed by atoms with Gasteiger partial charge in [0.2, 0.25) is 5.92 Å². The molecule has 0 saturated heterocycles. The fraction of sp³-hybridized carbons (Fsp3) is 0.286. The number of hydrogen-bond donors (Lipinski definition) is 2. The molecule has 0 bridgehead atoms. The number of aromatic nitrogens is 2. The van der Waals surface area contributed by atoms with Crippen LogP contribution >= 0.6 is 11.6 Å². The fourth-order valence-electron chi connectivity index (χ4n) is 3.49. The number of rotatable bonds is 2. The third-order valence-electron chi connectivity index (χ3n) is 5.02. The van der Waals surface area contributed by atoms with Crippen molar-refractivity contribution < 1.29 is 18.0 Å². The van der Waals surface area contributed by atoms with Gasteiger partial charge in [-0.25, -0.2) is 13.2 Å². The lowest BCUT2D eigenvalue weighted by Gasteiger charge is -2.28. The lowest BCUT2D eigenvalue weighted by atomic mass is 9.82. The van der Waals surface area contributed by atoms with Gasteiger partial charge in [0.05, 0.1) is 10.9 Å². The highest BCUT2D eigenvalue weighted by molar-refractivity contribution is 6.31. The number of halogens is 4. The average molecular weight is 438 g/mol. The highest BCUT2D eigenvalue weighted by Gasteiger charge is 2.35. The molecule has 9 heteroatoms. The van der Waals surface area contributed by atoms with Crippen molar-refractivity contribution in [3.05, 3.63) is 75.0 Å². The van der Waals surface area contributed by atoms with Crippen LogP contribution in [0.15, 0.2) is 47.5 Å². The number of hydrogen-bond acceptors (Lipinski definition) is 3. The fourth-order valence-corrected chi connectivity index (χ4v) is 3.81. The van der Waals surface area contributed by atoms with Gasteiger partial charge in [0.25, 0.3) is 5.91 Å². The van der Waals surface area contributed by atoms with Crippen molar-refractivity contribution in [2.75, 3.05) is 0 Å². The summed E-state index contributed by atoms with van der Waals surface area (Å²) in [7, 11) is 0. The molecular formula is C21H19ClF3N3O2. The average Bonchev–Trinajstić information content (AvgIpc) is 2.69. The smallest absolute Gasteiger partial charge is 0.268 e. The number of carbonyl (C=O) groups excluding carboxylic acids is 1. The Morgan fingerprint density at radius 3 is 2.53 bits per heavy atom. The number of pyridine rings is 2. The molecule has 1 aliphatic rings. The second-order valence-corrected chi connectivity index (χ2v) is 7.49. The van der Waals surface area contributed by atoms with E-state index in [1.165, 1.54) is 30.6 Å². The summed E-state index contributed by atoms with van der Waals surface area (Å²) in [4.78, 5) is 29.0. The summed E-state index contributed by atoms with van der Waals surface area (Å²) in [6.07, 6.45) is 3.56. The van der Waals surface area contributed by atoms with Gasteiger partial charge in [0, 0.05) is 36.3 Å². The molecule has 2 heterocycles. The first-order valence-corrected chi connectivity index (χ1v) is 9.65. The normalized spacial score (nSPS) is 16.0. The Hall–Kier alpha value is -2.87. The minimum atomic E-state index is -2.54. The van der Waals surface area contributed by atoms with Gasteiger partial charge >= 0.3 is 0 Å². The van der Waals surface area contributed by atoms with Crippen molar-refractivity contribution in [3.63, 3.8) is 0 Å². The van der Waals surface area contributed by atoms with E-state index in [4.69, 9.17) is 17.3 Å². The van der Waals surface area contributed by atoms with Crippen molar-refractivity contribution in [2.45, 2.75) is 37.5 Å². The third-order valence-corrected chi connectivity index (χ3v) is 5.35. The molecule has 30 heavy (non-hydrogen) atoms. The van der Waals surface area contributed by atoms with Crippen LogP contribution in [0, 0.1) is 5.82 Å². The Balaban J connectivity index is 0.000000172. The number of H-pyrrole nitrogens is 1. The van der Waals surface area contributed by atoms with Gasteiger partial charge in [-0.15, -0.1) is 0 Å². The molecule has 0 aliphatic heterocycles. The van der Waals surface area contributed by atoms with E-state index in [2.05, 4.69) is 9.97 Å². The summed E-state index contributed by atoms with van der Waals surface area (Å²) in [5, 5.41) is 0.581. The van der Waals surface area contributed by atoms with Crippen LogP contribution < -0.4 is 11.2 Å². The van der Waals surface area contributed by atoms with Gasteiger partial charge in [-0.2, -0.15) is 0 Å². The lowest BCUT2D eigenvalue weighted by molar-refractivity contribution is -0.0382. The van der Waals surface area contributed by atoms with Gasteiger partial charge < -0.3 is 10.7 Å². The van der Waals surface area contributed by atoms with Crippen LogP contribution in [0.25, 0.3) is 10.9 Å². The predicted octanol–water partition coefficient (Wildman–Crippen LogP) is 4.79. The van der Waals surface area contributed by atoms with E-state index in [-0.39, 0.29) is 35.3 Å². The summed E-state index contributed by atoms with van der Waals surface area (Å²) >= 11 is 5.91. The number of primary amides is 1. The summed E-state index contributed by atoms with van der Waals surface area (Å²) in [5.41, 5.74) is 6.18. The van der Waals surface area contributed by atoms with Crippen LogP contribution in [0.4, 0.5) is 13.2 Å². The number of fused-ring (bicyclic) bond motifs is 1. The molecule has 0 spiro atoms. The van der Waals surface area contributed by atoms with Gasteiger partial charge in [0.1, 0.15) is 11.5 Å². The van der Waals surface area contributed by atoms with Crippen molar-refractivity contribution >= 4 is 28.4 Å². The van der Waals surface area contributed by atoms with Crippen LogP contribution in [0.5, 0.6) is 0 Å². The Bertz CT molecular complexity index is 1120. The number of alkyl halides is 2. The van der Waals surface area contributed by atoms with Crippen LogP contribution in [0.3, 0.4) is 0 Å². The van der Waals surface area contributed by atoms with Gasteiger partial charge in [-0.1, -0.05) is 17.7 Å². The number of nitrogens with zero attached hydrogens (tertiary/aromatic N) is 1. The van der Waals surface area contributed by atoms with Gasteiger partial charge in [0.15, 0.2) is 5.43 Å². The summed E-state index contributed by atoms with van der Waals surface area (Å²) < 4.78 is 38.8. The zero-order chi connectivity index (χ0) is 21.9. The van der Waals surface area contributed by atoms with E-state index in [1.807, 2.05) is 0 Å². The molecule has 0 radical (unpaired) electrons. The van der Waals surface area contributed by atoms with E-state index < -0.39 is 17.6 Å². The summed E-state index contributed by atoms with van der Waals surface area (Å²) in [6, 6.07) is 7.11. The Morgan fingerprint density at radius 1 is 1.20 bits per heavy atom. The maximum absolute atomic E-state index is 13.0. The predicted molar refractivity (Wildman–Crippen MR) is 108 cm³/mol. The molecule has 0 unspecified atom stereocenters. The zero-order valence-electron chi connectivity index (χ0n) is 15.8. The minimum absolute atomic E-state index is 0.00403. The molecule has 3 N–H and O–H groups in total. The Labute approximate surface area is 175 Å². The SMILES string of the molecule is Fc1ccc(C2CCC(F)(F)CC2)c(Cl)c1.NC(=O)c1nccc2[nH]ccc(=O)c12. The maximum atomic E-state index is 13.0. The first-order valence-electron chi connectivity index (χ1n) is 9.27. The van der Waals surface area contributed by atoms with Gasteiger partial charge in [-0.05, 0) is 42.5 Å². The highest BCUT2D eigenvalue weighted by Crippen LogP contribution is 2.42. The molecule has 0 atom stereocenters. The summed E-state index contributed by atoms with van der Waals surface area (Å²) in [6.45, 7) is 0. The number of nitrogens with two attached hydrogens (primary N) is 1. The first kappa shape index (κ1) is 21.8. The van der Waals surface area contributed by atoms with E-state index >= 15 is 0 Å². The molecule has 5 nitrogen and oxygen atoms in total. The Kier molecular flexibility index (Phi) is 6.45. The summed E-state index contributed by atoms with van der Waals surface area (Å²) in [5.74, 6) is -3.60. The van der Waals surface area contributed by atoms with E-state index in [0.29, 0.717) is 23.4 Å². The van der Waals surface area contributed by atoms with Crippen LogP contribution in [0.2, 0.25) is 5.02 Å². The van der Waals surface area contributed by atoms with Crippen LogP contribution in [-0.4, -0.2) is 21.8 Å². The van der Waals surface area contributed by atoms with Gasteiger partial charge in [-0.3, -0.25) is 14.6 Å². The molecule has 1 fully saturated rings. The second-order valence-electron chi connectivity index (χ2n) is 7.08. The molecule has 1 aromatic carbocycles. The number of carbonyl (C=O) groups is 1. The van der Waals surface area contributed by atoms with E-state index in [0.717, 1.165) is 5.56 Å². The molecule has 1 aliphatic carbocycles. The van der Waals surface area contributed by atoms with Crippen molar-refractivity contribution in [3.8, 4) is 0 Å². The van der Waals surface area contributed by atoms with E-state index in [9.17, 15) is 22.8 Å². The van der Waals surface area contributed by atoms with E-state index in [1.54, 1.807) is 12.1 Å². The van der Waals surface area contributed by atoms with Crippen LogP contribution in [0.1, 0.15) is 47.7 Å². The lowest BCUT2D eigenvalue weighted by Crippen LogP contribution is -2.23. The number of benzene rings is 1. The monoisotopic (exact) mass is 437 g/mol. The molecule has 2 aromatic heterocycles. The van der Waals surface area contributed by atoms with Crippen LogP contribution in [-0.2, 0) is 0 Å². The number of amides is 1. The van der Waals surface area contributed by atoms with Crippen molar-refractivity contribution in [2.24, 2.45) is 5.73 Å². The Morgan fingerprint density at radius 2 is 1.90 bits per heavy atom. The highest BCUT2D eigenvalue weighted by atomic mass is 35.5. The standard InChI is InChI=1S/C12H12ClF3.C9H7N3O2/c13-11-7-9(14)1-2-10(11)8-3-5-12(15,16)6-4-8;10-9(14)8-7-5(1-3-12-8)11-4-2-6(7)13/h1-2,7-8H,3-6H2;1-4H,(H2,10,14)(H,11,13). The molecule has 1 amide bonds. The second kappa shape index (κ2) is 8.87. The maximum Gasteiger partial charge on any atom is 0.268 e.